The molecule has 3 aromatic rings. The van der Waals surface area contributed by atoms with E-state index in [0.717, 1.165) is 11.3 Å². The summed E-state index contributed by atoms with van der Waals surface area (Å²) in [5.74, 6) is 3.72. The predicted octanol–water partition coefficient (Wildman–Crippen LogP) is 2.38. The fourth-order valence-corrected chi connectivity index (χ4v) is 3.60. The van der Waals surface area contributed by atoms with Crippen LogP contribution in [0.5, 0.6) is 23.0 Å². The molecule has 13 nitrogen and oxygen atoms in total. The fourth-order valence-electron chi connectivity index (χ4n) is 3.60. The molecule has 0 saturated heterocycles. The molecule has 0 amide bonds. The van der Waals surface area contributed by atoms with Crippen molar-refractivity contribution in [1.82, 2.24) is 15.0 Å². The van der Waals surface area contributed by atoms with E-state index in [1.165, 1.54) is 0 Å². The molecule has 38 heavy (non-hydrogen) atoms. The largest absolute Gasteiger partial charge is 0.493 e. The Bertz CT molecular complexity index is 1180. The van der Waals surface area contributed by atoms with Crippen LogP contribution < -0.4 is 40.6 Å². The van der Waals surface area contributed by atoms with Gasteiger partial charge in [0.1, 0.15) is 0 Å². The standard InChI is InChI=1S/C25H33N7O6/c1-33-20-5-3-4-17(22(20)34-2)15-28-24-30-23(27-9-11-36-13-12-35-10-8-26)31-25(32-24)29-18-6-7-19-21(14-18)38-16-37-19/h3-7,14H,8-13,15-16,26H2,1-2H3,(H3,27,28,29,30,31,32). The normalized spacial score (nSPS) is 11.8. The summed E-state index contributed by atoms with van der Waals surface area (Å²) in [6.45, 7) is 3.52. The van der Waals surface area contributed by atoms with Crippen molar-refractivity contribution in [2.24, 2.45) is 5.73 Å². The third-order valence-electron chi connectivity index (χ3n) is 5.35. The highest BCUT2D eigenvalue weighted by Crippen LogP contribution is 2.35. The summed E-state index contributed by atoms with van der Waals surface area (Å²) in [5, 5.41) is 9.62. The van der Waals surface area contributed by atoms with Gasteiger partial charge in [-0.3, -0.25) is 0 Å². The molecule has 5 N–H and O–H groups in total. The molecule has 2 aromatic carbocycles. The summed E-state index contributed by atoms with van der Waals surface area (Å²) in [4.78, 5) is 13.5. The average molecular weight is 528 g/mol. The second-order valence-corrected chi connectivity index (χ2v) is 7.95. The van der Waals surface area contributed by atoms with Crippen molar-refractivity contribution < 1.29 is 28.4 Å². The molecule has 0 unspecified atom stereocenters. The minimum atomic E-state index is 0.196. The Hall–Kier alpha value is -4.07. The molecule has 1 aromatic heterocycles. The zero-order valence-corrected chi connectivity index (χ0v) is 21.5. The van der Waals surface area contributed by atoms with Gasteiger partial charge in [-0.15, -0.1) is 0 Å². The Morgan fingerprint density at radius 2 is 1.61 bits per heavy atom. The number of rotatable bonds is 16. The van der Waals surface area contributed by atoms with Gasteiger partial charge in [0.2, 0.25) is 24.6 Å². The van der Waals surface area contributed by atoms with E-state index < -0.39 is 0 Å². The number of nitrogens with zero attached hydrogens (tertiary/aromatic N) is 3. The quantitative estimate of drug-likeness (QED) is 0.202. The lowest BCUT2D eigenvalue weighted by Crippen LogP contribution is -2.17. The van der Waals surface area contributed by atoms with Crippen LogP contribution in [-0.2, 0) is 16.0 Å². The van der Waals surface area contributed by atoms with Gasteiger partial charge in [0.25, 0.3) is 0 Å². The van der Waals surface area contributed by atoms with Crippen molar-refractivity contribution in [1.29, 1.82) is 0 Å². The number of anilines is 4. The van der Waals surface area contributed by atoms with Crippen LogP contribution in [0.1, 0.15) is 5.56 Å². The molecule has 1 aliphatic rings. The number of aromatic nitrogens is 3. The summed E-state index contributed by atoms with van der Waals surface area (Å²) in [5.41, 5.74) is 7.04. The van der Waals surface area contributed by atoms with Gasteiger partial charge in [-0.25, -0.2) is 0 Å². The van der Waals surface area contributed by atoms with Crippen molar-refractivity contribution in [3.05, 3.63) is 42.0 Å². The summed E-state index contributed by atoms with van der Waals surface area (Å²) >= 11 is 0. The van der Waals surface area contributed by atoms with Crippen LogP contribution in [0.25, 0.3) is 0 Å². The first kappa shape index (κ1) is 27.0. The predicted molar refractivity (Wildman–Crippen MR) is 142 cm³/mol. The van der Waals surface area contributed by atoms with Gasteiger partial charge in [-0.05, 0) is 18.2 Å². The maximum Gasteiger partial charge on any atom is 0.233 e. The lowest BCUT2D eigenvalue weighted by Gasteiger charge is -2.14. The molecule has 0 bridgehead atoms. The van der Waals surface area contributed by atoms with Crippen molar-refractivity contribution in [3.8, 4) is 23.0 Å². The number of fused-ring (bicyclic) bond motifs is 1. The molecule has 204 valence electrons. The highest BCUT2D eigenvalue weighted by Gasteiger charge is 2.15. The van der Waals surface area contributed by atoms with Gasteiger partial charge in [0, 0.05) is 37.0 Å². The van der Waals surface area contributed by atoms with Gasteiger partial charge < -0.3 is 50.1 Å². The third-order valence-corrected chi connectivity index (χ3v) is 5.35. The molecule has 0 spiro atoms. The average Bonchev–Trinajstić information content (AvgIpc) is 3.41. The maximum absolute atomic E-state index is 5.57. The van der Waals surface area contributed by atoms with E-state index in [9.17, 15) is 0 Å². The zero-order valence-electron chi connectivity index (χ0n) is 21.5. The van der Waals surface area contributed by atoms with E-state index >= 15 is 0 Å². The Morgan fingerprint density at radius 1 is 0.842 bits per heavy atom. The van der Waals surface area contributed by atoms with Crippen molar-refractivity contribution >= 4 is 23.5 Å². The maximum atomic E-state index is 5.57. The number of para-hydroxylation sites is 1. The topological polar surface area (TPSA) is 156 Å². The summed E-state index contributed by atoms with van der Waals surface area (Å²) < 4.78 is 32.7. The molecule has 2 heterocycles. The SMILES string of the molecule is COc1cccc(CNc2nc(NCCOCCOCCN)nc(Nc3ccc4c(c3)OCO4)n2)c1OC. The highest BCUT2D eigenvalue weighted by atomic mass is 16.7. The molecule has 0 saturated carbocycles. The molecule has 0 radical (unpaired) electrons. The zero-order chi connectivity index (χ0) is 26.6. The van der Waals surface area contributed by atoms with E-state index in [-0.39, 0.29) is 6.79 Å². The molecule has 13 heteroatoms. The highest BCUT2D eigenvalue weighted by molar-refractivity contribution is 5.61. The fraction of sp³-hybridized carbons (Fsp3) is 0.400. The first-order valence-corrected chi connectivity index (χ1v) is 12.2. The summed E-state index contributed by atoms with van der Waals surface area (Å²) in [6, 6.07) is 11.2. The van der Waals surface area contributed by atoms with Gasteiger partial charge >= 0.3 is 0 Å². The van der Waals surface area contributed by atoms with Crippen LogP contribution >= 0.6 is 0 Å². The number of nitrogens with two attached hydrogens (primary N) is 1. The monoisotopic (exact) mass is 527 g/mol. The lowest BCUT2D eigenvalue weighted by atomic mass is 10.2. The first-order valence-electron chi connectivity index (χ1n) is 12.2. The minimum Gasteiger partial charge on any atom is -0.493 e. The first-order chi connectivity index (χ1) is 18.7. The molecule has 0 fully saturated rings. The van der Waals surface area contributed by atoms with Crippen molar-refractivity contribution in [3.63, 3.8) is 0 Å². The van der Waals surface area contributed by atoms with E-state index in [1.54, 1.807) is 14.2 Å². The van der Waals surface area contributed by atoms with E-state index in [0.29, 0.717) is 86.9 Å². The van der Waals surface area contributed by atoms with Gasteiger partial charge in [0.15, 0.2) is 23.0 Å². The van der Waals surface area contributed by atoms with Crippen LogP contribution in [0, 0.1) is 0 Å². The van der Waals surface area contributed by atoms with Crippen LogP contribution in [0.2, 0.25) is 0 Å². The number of hydrogen-bond acceptors (Lipinski definition) is 13. The molecule has 1 aliphatic heterocycles. The smallest absolute Gasteiger partial charge is 0.233 e. The summed E-state index contributed by atoms with van der Waals surface area (Å²) in [6.07, 6.45) is 0. The Labute approximate surface area is 221 Å². The molecule has 0 atom stereocenters. The van der Waals surface area contributed by atoms with Crippen LogP contribution in [0.4, 0.5) is 23.5 Å². The van der Waals surface area contributed by atoms with Gasteiger partial charge in [-0.1, -0.05) is 12.1 Å². The van der Waals surface area contributed by atoms with E-state index in [1.807, 2.05) is 36.4 Å². The molecule has 4 rings (SSSR count). The molecular formula is C25H33N7O6. The number of benzene rings is 2. The lowest BCUT2D eigenvalue weighted by molar-refractivity contribution is 0.0547. The van der Waals surface area contributed by atoms with Gasteiger partial charge in [0.05, 0.1) is 40.6 Å². The number of methoxy groups -OCH3 is 2. The molecular weight excluding hydrogens is 494 g/mol. The molecule has 0 aliphatic carbocycles. The number of ether oxygens (including phenoxy) is 6. The van der Waals surface area contributed by atoms with Crippen LogP contribution in [0.15, 0.2) is 36.4 Å². The van der Waals surface area contributed by atoms with Crippen molar-refractivity contribution in [2.45, 2.75) is 6.54 Å². The second kappa shape index (κ2) is 14.0. The van der Waals surface area contributed by atoms with Gasteiger partial charge in [-0.2, -0.15) is 15.0 Å². The van der Waals surface area contributed by atoms with Crippen LogP contribution in [-0.4, -0.2) is 75.5 Å². The summed E-state index contributed by atoms with van der Waals surface area (Å²) in [7, 11) is 3.20. The minimum absolute atomic E-state index is 0.196. The Kier molecular flexibility index (Phi) is 9.96. The van der Waals surface area contributed by atoms with E-state index in [2.05, 4.69) is 30.9 Å². The van der Waals surface area contributed by atoms with Crippen molar-refractivity contribution in [2.75, 3.05) is 76.5 Å². The number of hydrogen-bond donors (Lipinski definition) is 4. The Morgan fingerprint density at radius 3 is 2.39 bits per heavy atom. The van der Waals surface area contributed by atoms with E-state index in [4.69, 9.17) is 34.2 Å². The second-order valence-electron chi connectivity index (χ2n) is 7.95. The van der Waals surface area contributed by atoms with Crippen LogP contribution in [0.3, 0.4) is 0 Å². The number of nitrogens with one attached hydrogen (secondary N) is 3. The Balaban J connectivity index is 1.44. The third kappa shape index (κ3) is 7.47.